The van der Waals surface area contributed by atoms with Gasteiger partial charge in [-0.2, -0.15) is 0 Å². The fourth-order valence-electron chi connectivity index (χ4n) is 1.68. The Morgan fingerprint density at radius 2 is 1.90 bits per heavy atom. The van der Waals surface area contributed by atoms with E-state index in [-0.39, 0.29) is 16.7 Å². The van der Waals surface area contributed by atoms with Crippen molar-refractivity contribution in [2.45, 2.75) is 0 Å². The highest BCUT2D eigenvalue weighted by molar-refractivity contribution is 9.10. The fourth-order valence-corrected chi connectivity index (χ4v) is 2.17. The number of aromatic nitrogens is 1. The summed E-state index contributed by atoms with van der Waals surface area (Å²) in [6, 6.07) is 7.06. The highest BCUT2D eigenvalue weighted by Gasteiger charge is 2.10. The maximum atomic E-state index is 12.0. The van der Waals surface area contributed by atoms with Crippen molar-refractivity contribution in [1.82, 2.24) is 4.57 Å². The van der Waals surface area contributed by atoms with Gasteiger partial charge in [0.05, 0.1) is 5.56 Å². The van der Waals surface area contributed by atoms with E-state index >= 15 is 0 Å². The average molecular weight is 351 g/mol. The quantitative estimate of drug-likeness (QED) is 0.886. The van der Waals surface area contributed by atoms with E-state index in [1.54, 1.807) is 13.1 Å². The zero-order valence-electron chi connectivity index (χ0n) is 11.0. The predicted octanol–water partition coefficient (Wildman–Crippen LogP) is 2.10. The van der Waals surface area contributed by atoms with Crippen molar-refractivity contribution < 1.29 is 14.7 Å². The normalized spacial score (nSPS) is 10.2. The Morgan fingerprint density at radius 3 is 2.52 bits per heavy atom. The molecule has 0 saturated heterocycles. The van der Waals surface area contributed by atoms with Crippen molar-refractivity contribution in [3.63, 3.8) is 0 Å². The second kappa shape index (κ2) is 5.92. The third-order valence-corrected chi connectivity index (χ3v) is 3.23. The van der Waals surface area contributed by atoms with E-state index in [2.05, 4.69) is 21.2 Å². The van der Waals surface area contributed by atoms with Gasteiger partial charge in [-0.05, 0) is 24.3 Å². The smallest absolute Gasteiger partial charge is 0.335 e. The number of carbonyl (C=O) groups is 2. The van der Waals surface area contributed by atoms with Gasteiger partial charge in [0.1, 0.15) is 0 Å². The number of nitrogens with one attached hydrogen (secondary N) is 1. The van der Waals surface area contributed by atoms with Gasteiger partial charge in [0, 0.05) is 35.0 Å². The number of amides is 1. The number of carbonyl (C=O) groups excluding carboxylic acids is 1. The van der Waals surface area contributed by atoms with Crippen molar-refractivity contribution in [2.75, 3.05) is 5.32 Å². The van der Waals surface area contributed by atoms with Crippen molar-refractivity contribution in [1.29, 1.82) is 0 Å². The van der Waals surface area contributed by atoms with Crippen LogP contribution in [-0.4, -0.2) is 21.6 Å². The molecule has 0 radical (unpaired) electrons. The van der Waals surface area contributed by atoms with E-state index in [1.807, 2.05) is 0 Å². The molecule has 2 rings (SSSR count). The third-order valence-electron chi connectivity index (χ3n) is 2.77. The number of anilines is 1. The molecular weight excluding hydrogens is 340 g/mol. The van der Waals surface area contributed by atoms with Crippen LogP contribution in [0.3, 0.4) is 0 Å². The van der Waals surface area contributed by atoms with Crippen molar-refractivity contribution >= 4 is 33.5 Å². The molecule has 2 aromatic rings. The molecule has 21 heavy (non-hydrogen) atoms. The van der Waals surface area contributed by atoms with Crippen molar-refractivity contribution in [3.05, 3.63) is 62.5 Å². The molecule has 0 spiro atoms. The van der Waals surface area contributed by atoms with Crippen LogP contribution in [0.1, 0.15) is 20.7 Å². The average Bonchev–Trinajstić information content (AvgIpc) is 2.41. The number of hydrogen-bond acceptors (Lipinski definition) is 3. The van der Waals surface area contributed by atoms with Gasteiger partial charge >= 0.3 is 5.97 Å². The lowest BCUT2D eigenvalue weighted by Gasteiger charge is -2.07. The van der Waals surface area contributed by atoms with Gasteiger partial charge in [0.2, 0.25) is 0 Å². The van der Waals surface area contributed by atoms with E-state index in [4.69, 9.17) is 5.11 Å². The molecule has 1 heterocycles. The SMILES string of the molecule is Cn1ccc(C(=O)Nc2cc(Br)cc(C(=O)O)c2)cc1=O. The van der Waals surface area contributed by atoms with Gasteiger partial charge in [-0.15, -0.1) is 0 Å². The van der Waals surface area contributed by atoms with E-state index in [0.29, 0.717) is 10.2 Å². The van der Waals surface area contributed by atoms with Gasteiger partial charge in [0.25, 0.3) is 11.5 Å². The van der Waals surface area contributed by atoms with Gasteiger partial charge in [0.15, 0.2) is 0 Å². The monoisotopic (exact) mass is 350 g/mol. The molecule has 0 aliphatic rings. The van der Waals surface area contributed by atoms with Crippen molar-refractivity contribution in [3.8, 4) is 0 Å². The molecule has 6 nitrogen and oxygen atoms in total. The molecular formula is C14H11BrN2O4. The van der Waals surface area contributed by atoms with Gasteiger partial charge in [-0.3, -0.25) is 9.59 Å². The topological polar surface area (TPSA) is 88.4 Å². The molecule has 0 bridgehead atoms. The minimum Gasteiger partial charge on any atom is -0.478 e. The molecule has 0 fully saturated rings. The Balaban J connectivity index is 2.29. The first-order valence-electron chi connectivity index (χ1n) is 5.89. The Bertz CT molecular complexity index is 783. The van der Waals surface area contributed by atoms with E-state index in [9.17, 15) is 14.4 Å². The lowest BCUT2D eigenvalue weighted by atomic mass is 10.2. The summed E-state index contributed by atoms with van der Waals surface area (Å²) >= 11 is 3.18. The first kappa shape index (κ1) is 15.0. The first-order chi connectivity index (χ1) is 9.86. The van der Waals surface area contributed by atoms with Crippen LogP contribution in [0, 0.1) is 0 Å². The van der Waals surface area contributed by atoms with Crippen LogP contribution in [0.5, 0.6) is 0 Å². The van der Waals surface area contributed by atoms with Crippen LogP contribution in [0.4, 0.5) is 5.69 Å². The van der Waals surface area contributed by atoms with Crippen LogP contribution < -0.4 is 10.9 Å². The van der Waals surface area contributed by atoms with Crippen LogP contribution in [-0.2, 0) is 7.05 Å². The Hall–Kier alpha value is -2.41. The van der Waals surface area contributed by atoms with Crippen LogP contribution in [0.25, 0.3) is 0 Å². The van der Waals surface area contributed by atoms with Crippen LogP contribution >= 0.6 is 15.9 Å². The number of aromatic carboxylic acids is 1. The summed E-state index contributed by atoms with van der Waals surface area (Å²) in [6.07, 6.45) is 1.49. The molecule has 1 aromatic heterocycles. The van der Waals surface area contributed by atoms with Crippen LogP contribution in [0.2, 0.25) is 0 Å². The first-order valence-corrected chi connectivity index (χ1v) is 6.68. The number of halogens is 1. The summed E-state index contributed by atoms with van der Waals surface area (Å²) in [5.74, 6) is -1.58. The summed E-state index contributed by atoms with van der Waals surface area (Å²) in [5, 5.41) is 11.5. The van der Waals surface area contributed by atoms with Gasteiger partial charge < -0.3 is 15.0 Å². The van der Waals surface area contributed by atoms with Crippen LogP contribution in [0.15, 0.2) is 45.8 Å². The van der Waals surface area contributed by atoms with Gasteiger partial charge in [-0.1, -0.05) is 15.9 Å². The minimum absolute atomic E-state index is 0.0450. The summed E-state index contributed by atoms with van der Waals surface area (Å²) in [7, 11) is 1.58. The number of carboxylic acid groups (broad SMARTS) is 1. The standard InChI is InChI=1S/C14H11BrN2O4/c1-17-3-2-8(6-12(17)18)13(19)16-11-5-9(14(20)21)4-10(15)7-11/h2-7H,1H3,(H,16,19)(H,20,21). The summed E-state index contributed by atoms with van der Waals surface area (Å²) in [4.78, 5) is 34.5. The molecule has 1 amide bonds. The Morgan fingerprint density at radius 1 is 1.19 bits per heavy atom. The zero-order valence-corrected chi connectivity index (χ0v) is 12.5. The summed E-state index contributed by atoms with van der Waals surface area (Å²) in [5.41, 5.74) is 0.272. The second-order valence-corrected chi connectivity index (χ2v) is 5.27. The van der Waals surface area contributed by atoms with Crippen molar-refractivity contribution in [2.24, 2.45) is 7.05 Å². The Labute approximate surface area is 128 Å². The molecule has 0 saturated carbocycles. The molecule has 1 aromatic carbocycles. The largest absolute Gasteiger partial charge is 0.478 e. The number of pyridine rings is 1. The summed E-state index contributed by atoms with van der Waals surface area (Å²) in [6.45, 7) is 0. The molecule has 0 aliphatic carbocycles. The molecule has 108 valence electrons. The molecule has 7 heteroatoms. The highest BCUT2D eigenvalue weighted by atomic mass is 79.9. The lowest BCUT2D eigenvalue weighted by Crippen LogP contribution is -2.20. The number of carboxylic acids is 1. The maximum absolute atomic E-state index is 12.0. The number of nitrogens with zero attached hydrogens (tertiary/aromatic N) is 1. The Kier molecular flexibility index (Phi) is 4.23. The molecule has 0 unspecified atom stereocenters. The lowest BCUT2D eigenvalue weighted by molar-refractivity contribution is 0.0696. The highest BCUT2D eigenvalue weighted by Crippen LogP contribution is 2.20. The van der Waals surface area contributed by atoms with E-state index < -0.39 is 11.9 Å². The molecule has 0 aliphatic heterocycles. The minimum atomic E-state index is -1.10. The third kappa shape index (κ3) is 3.57. The molecule has 0 atom stereocenters. The molecule has 2 N–H and O–H groups in total. The second-order valence-electron chi connectivity index (χ2n) is 4.35. The van der Waals surface area contributed by atoms with E-state index in [0.717, 1.165) is 0 Å². The number of aryl methyl sites for hydroxylation is 1. The van der Waals surface area contributed by atoms with Gasteiger partial charge in [-0.25, -0.2) is 4.79 Å². The predicted molar refractivity (Wildman–Crippen MR) is 80.7 cm³/mol. The number of benzene rings is 1. The maximum Gasteiger partial charge on any atom is 0.335 e. The summed E-state index contributed by atoms with van der Waals surface area (Å²) < 4.78 is 1.87. The fraction of sp³-hybridized carbons (Fsp3) is 0.0714. The number of rotatable bonds is 3. The number of hydrogen-bond donors (Lipinski definition) is 2. The zero-order chi connectivity index (χ0) is 15.6. The van der Waals surface area contributed by atoms with E-state index in [1.165, 1.54) is 35.0 Å².